The predicted octanol–water partition coefficient (Wildman–Crippen LogP) is 2.08. The number of likely N-dealkylation sites (N-methyl/N-ethyl adjacent to an activating group) is 1. The molecule has 0 unspecified atom stereocenters. The van der Waals surface area contributed by atoms with Gasteiger partial charge in [-0.2, -0.15) is 5.10 Å². The molecule has 0 spiro atoms. The van der Waals surface area contributed by atoms with Crippen LogP contribution in [0.4, 0.5) is 0 Å². The van der Waals surface area contributed by atoms with E-state index < -0.39 is 12.0 Å². The first-order valence-electron chi connectivity index (χ1n) is 7.90. The van der Waals surface area contributed by atoms with Crippen LogP contribution in [0, 0.1) is 5.92 Å². The fraction of sp³-hybridized carbons (Fsp3) is 0.562. The number of carbonyl (C=O) groups excluding carboxylic acids is 2. The molecule has 2 fully saturated rings. The first-order valence-corrected chi connectivity index (χ1v) is 8.78. The standard InChI is InChI=1S/C16H19N3O2S/c1-18-14-12(13(17-18)11-8-5-9-22-11)15(20)19(16(14)21)10-6-3-2-4-7-10/h5,8-10,12,14H,2-4,6-7H2,1H3/t12-,14+/m1/s1. The smallest absolute Gasteiger partial charge is 0.255 e. The van der Waals surface area contributed by atoms with Gasteiger partial charge in [-0.15, -0.1) is 11.3 Å². The fourth-order valence-corrected chi connectivity index (χ4v) is 4.69. The summed E-state index contributed by atoms with van der Waals surface area (Å²) in [7, 11) is 1.80. The van der Waals surface area contributed by atoms with Crippen LogP contribution >= 0.6 is 11.3 Å². The normalized spacial score (nSPS) is 29.2. The maximum atomic E-state index is 13.0. The van der Waals surface area contributed by atoms with Gasteiger partial charge in [-0.05, 0) is 24.3 Å². The number of likely N-dealkylation sites (tertiary alicyclic amines) is 1. The van der Waals surface area contributed by atoms with Crippen molar-refractivity contribution in [3.05, 3.63) is 22.4 Å². The predicted molar refractivity (Wildman–Crippen MR) is 84.6 cm³/mol. The van der Waals surface area contributed by atoms with E-state index in [1.54, 1.807) is 28.3 Å². The van der Waals surface area contributed by atoms with Crippen LogP contribution in [0.5, 0.6) is 0 Å². The van der Waals surface area contributed by atoms with Crippen molar-refractivity contribution in [1.82, 2.24) is 9.91 Å². The van der Waals surface area contributed by atoms with Crippen molar-refractivity contribution in [2.75, 3.05) is 7.05 Å². The molecule has 2 aliphatic heterocycles. The Morgan fingerprint density at radius 3 is 2.64 bits per heavy atom. The highest BCUT2D eigenvalue weighted by molar-refractivity contribution is 7.12. The van der Waals surface area contributed by atoms with Crippen LogP contribution in [-0.2, 0) is 9.59 Å². The molecular weight excluding hydrogens is 298 g/mol. The largest absolute Gasteiger partial charge is 0.286 e. The summed E-state index contributed by atoms with van der Waals surface area (Å²) in [6.45, 7) is 0. The first kappa shape index (κ1) is 13.9. The molecule has 2 atom stereocenters. The molecule has 0 radical (unpaired) electrons. The van der Waals surface area contributed by atoms with E-state index >= 15 is 0 Å². The van der Waals surface area contributed by atoms with Gasteiger partial charge in [-0.25, -0.2) is 0 Å². The van der Waals surface area contributed by atoms with E-state index in [0.717, 1.165) is 36.3 Å². The van der Waals surface area contributed by atoms with Crippen LogP contribution in [0.1, 0.15) is 37.0 Å². The Kier molecular flexibility index (Phi) is 3.29. The van der Waals surface area contributed by atoms with Crippen LogP contribution in [0.15, 0.2) is 22.6 Å². The molecule has 6 heteroatoms. The highest BCUT2D eigenvalue weighted by Crippen LogP contribution is 2.37. The number of amides is 2. The number of hydrazone groups is 1. The van der Waals surface area contributed by atoms with E-state index in [-0.39, 0.29) is 17.9 Å². The van der Waals surface area contributed by atoms with Crippen LogP contribution in [0.25, 0.3) is 0 Å². The third-order valence-corrected chi connectivity index (χ3v) is 5.88. The molecule has 22 heavy (non-hydrogen) atoms. The lowest BCUT2D eigenvalue weighted by molar-refractivity contribution is -0.143. The first-order chi connectivity index (χ1) is 10.7. The Morgan fingerprint density at radius 1 is 1.18 bits per heavy atom. The summed E-state index contributed by atoms with van der Waals surface area (Å²) >= 11 is 1.57. The monoisotopic (exact) mass is 317 g/mol. The van der Waals surface area contributed by atoms with Crippen LogP contribution in [0.3, 0.4) is 0 Å². The van der Waals surface area contributed by atoms with E-state index in [9.17, 15) is 9.59 Å². The van der Waals surface area contributed by atoms with E-state index in [4.69, 9.17) is 0 Å². The van der Waals surface area contributed by atoms with Crippen molar-refractivity contribution < 1.29 is 9.59 Å². The van der Waals surface area contributed by atoms with E-state index in [2.05, 4.69) is 5.10 Å². The van der Waals surface area contributed by atoms with E-state index in [1.807, 2.05) is 17.5 Å². The minimum atomic E-state index is -0.438. The molecule has 3 heterocycles. The third-order valence-electron chi connectivity index (χ3n) is 4.99. The Morgan fingerprint density at radius 2 is 1.95 bits per heavy atom. The second kappa shape index (κ2) is 5.19. The van der Waals surface area contributed by atoms with Gasteiger partial charge < -0.3 is 0 Å². The van der Waals surface area contributed by atoms with Gasteiger partial charge in [-0.3, -0.25) is 19.5 Å². The summed E-state index contributed by atoms with van der Waals surface area (Å²) in [5, 5.41) is 8.15. The second-order valence-corrected chi connectivity index (χ2v) is 7.24. The van der Waals surface area contributed by atoms with Gasteiger partial charge in [0.15, 0.2) is 0 Å². The Labute approximate surface area is 133 Å². The lowest BCUT2D eigenvalue weighted by atomic mass is 9.94. The van der Waals surface area contributed by atoms with Crippen LogP contribution < -0.4 is 0 Å². The Hall–Kier alpha value is -1.69. The maximum absolute atomic E-state index is 13.0. The molecule has 1 saturated heterocycles. The van der Waals surface area contributed by atoms with E-state index in [0.29, 0.717) is 0 Å². The number of carbonyl (C=O) groups is 2. The van der Waals surface area contributed by atoms with Gasteiger partial charge in [0.05, 0.1) is 10.6 Å². The highest BCUT2D eigenvalue weighted by atomic mass is 32.1. The van der Waals surface area contributed by atoms with Gasteiger partial charge in [-0.1, -0.05) is 25.3 Å². The lowest BCUT2D eigenvalue weighted by Gasteiger charge is -2.30. The number of rotatable bonds is 2. The summed E-state index contributed by atoms with van der Waals surface area (Å²) in [6.07, 6.45) is 5.33. The third kappa shape index (κ3) is 1.93. The molecule has 4 rings (SSSR count). The van der Waals surface area contributed by atoms with Crippen molar-refractivity contribution in [1.29, 1.82) is 0 Å². The van der Waals surface area contributed by atoms with Gasteiger partial charge in [0.25, 0.3) is 5.91 Å². The molecule has 0 aromatic carbocycles. The molecule has 0 bridgehead atoms. The van der Waals surface area contributed by atoms with E-state index in [1.165, 1.54) is 6.42 Å². The second-order valence-electron chi connectivity index (χ2n) is 6.30. The topological polar surface area (TPSA) is 53.0 Å². The molecule has 1 saturated carbocycles. The number of hydrogen-bond donors (Lipinski definition) is 0. The van der Waals surface area contributed by atoms with Crippen molar-refractivity contribution in [3.8, 4) is 0 Å². The summed E-state index contributed by atoms with van der Waals surface area (Å²) < 4.78 is 0. The molecule has 1 aromatic rings. The zero-order chi connectivity index (χ0) is 15.3. The van der Waals surface area contributed by atoms with Gasteiger partial charge in [0.2, 0.25) is 5.91 Å². The van der Waals surface area contributed by atoms with Gasteiger partial charge in [0, 0.05) is 13.1 Å². The van der Waals surface area contributed by atoms with Crippen molar-refractivity contribution in [2.45, 2.75) is 44.2 Å². The van der Waals surface area contributed by atoms with Gasteiger partial charge in [0.1, 0.15) is 12.0 Å². The minimum Gasteiger partial charge on any atom is -0.286 e. The summed E-state index contributed by atoms with van der Waals surface area (Å²) in [5.41, 5.74) is 0.763. The maximum Gasteiger partial charge on any atom is 0.255 e. The highest BCUT2D eigenvalue weighted by Gasteiger charge is 2.57. The molecule has 1 aromatic heterocycles. The molecule has 5 nitrogen and oxygen atoms in total. The average molecular weight is 317 g/mol. The zero-order valence-electron chi connectivity index (χ0n) is 12.6. The van der Waals surface area contributed by atoms with Gasteiger partial charge >= 0.3 is 0 Å². The van der Waals surface area contributed by atoms with Crippen LogP contribution in [0.2, 0.25) is 0 Å². The minimum absolute atomic E-state index is 0.0431. The van der Waals surface area contributed by atoms with Crippen molar-refractivity contribution in [3.63, 3.8) is 0 Å². The quantitative estimate of drug-likeness (QED) is 0.785. The fourth-order valence-electron chi connectivity index (χ4n) is 3.94. The molecule has 0 N–H and O–H groups in total. The average Bonchev–Trinajstić information content (AvgIpc) is 3.20. The SMILES string of the molecule is CN1N=C(c2cccs2)[C@H]2C(=O)N(C3CCCCC3)C(=O)[C@H]21. The lowest BCUT2D eigenvalue weighted by Crippen LogP contribution is -2.44. The summed E-state index contributed by atoms with van der Waals surface area (Å²) in [4.78, 5) is 28.3. The Balaban J connectivity index is 1.67. The number of thiophene rings is 1. The molecule has 1 aliphatic carbocycles. The number of hydrogen-bond acceptors (Lipinski definition) is 5. The van der Waals surface area contributed by atoms with Crippen LogP contribution in [-0.4, -0.2) is 46.6 Å². The van der Waals surface area contributed by atoms with Crippen molar-refractivity contribution >= 4 is 28.9 Å². The molecule has 3 aliphatic rings. The summed E-state index contributed by atoms with van der Waals surface area (Å²) in [5.74, 6) is -0.517. The zero-order valence-corrected chi connectivity index (χ0v) is 13.4. The Bertz CT molecular complexity index is 634. The number of fused-ring (bicyclic) bond motifs is 1. The number of imide groups is 1. The molecule has 116 valence electrons. The summed E-state index contributed by atoms with van der Waals surface area (Å²) in [6, 6.07) is 3.58. The number of nitrogens with zero attached hydrogens (tertiary/aromatic N) is 3. The molecule has 2 amide bonds. The molecular formula is C16H19N3O2S. The van der Waals surface area contributed by atoms with Crippen molar-refractivity contribution in [2.24, 2.45) is 11.0 Å².